The van der Waals surface area contributed by atoms with Crippen LogP contribution in [0.1, 0.15) is 36.7 Å². The minimum atomic E-state index is 0.0362. The minimum Gasteiger partial charge on any atom is -0.372 e. The van der Waals surface area contributed by atoms with E-state index in [0.29, 0.717) is 17.3 Å². The summed E-state index contributed by atoms with van der Waals surface area (Å²) in [6.45, 7) is 9.84. The maximum atomic E-state index is 11.4. The van der Waals surface area contributed by atoms with Gasteiger partial charge in [-0.1, -0.05) is 0 Å². The zero-order chi connectivity index (χ0) is 20.8. The fraction of sp³-hybridized carbons (Fsp3) is 0.273. The summed E-state index contributed by atoms with van der Waals surface area (Å²) in [4.78, 5) is 18.2. The van der Waals surface area contributed by atoms with Gasteiger partial charge in [-0.25, -0.2) is 0 Å². The van der Waals surface area contributed by atoms with Crippen LogP contribution in [0.2, 0.25) is 0 Å². The first-order chi connectivity index (χ1) is 14.0. The predicted molar refractivity (Wildman–Crippen MR) is 118 cm³/mol. The zero-order valence-electron chi connectivity index (χ0n) is 17.2. The third-order valence-electron chi connectivity index (χ3n) is 4.71. The van der Waals surface area contributed by atoms with Crippen molar-refractivity contribution in [3.63, 3.8) is 0 Å². The van der Waals surface area contributed by atoms with Gasteiger partial charge in [0, 0.05) is 35.7 Å². The highest BCUT2D eigenvalue weighted by Gasteiger charge is 2.08. The molecule has 3 aromatic rings. The van der Waals surface area contributed by atoms with E-state index in [2.05, 4.69) is 63.6 Å². The Morgan fingerprint density at radius 2 is 1.76 bits per heavy atom. The summed E-state index contributed by atoms with van der Waals surface area (Å²) in [6.07, 6.45) is 1.56. The van der Waals surface area contributed by atoms with Gasteiger partial charge in [-0.05, 0) is 75.7 Å². The van der Waals surface area contributed by atoms with E-state index in [1.165, 1.54) is 5.69 Å². The van der Waals surface area contributed by atoms with E-state index in [-0.39, 0.29) is 5.78 Å². The van der Waals surface area contributed by atoms with Gasteiger partial charge in [0.2, 0.25) is 5.95 Å². The molecule has 0 bridgehead atoms. The topological polar surface area (TPSA) is 83.0 Å². The zero-order valence-corrected chi connectivity index (χ0v) is 17.2. The Morgan fingerprint density at radius 3 is 2.38 bits per heavy atom. The molecule has 7 nitrogen and oxygen atoms in total. The van der Waals surface area contributed by atoms with Crippen LogP contribution in [0.3, 0.4) is 0 Å². The maximum absolute atomic E-state index is 11.4. The summed E-state index contributed by atoms with van der Waals surface area (Å²) in [5, 5.41) is 14.5. The van der Waals surface area contributed by atoms with Gasteiger partial charge in [-0.2, -0.15) is 10.1 Å². The van der Waals surface area contributed by atoms with Gasteiger partial charge in [0.05, 0.1) is 6.20 Å². The van der Waals surface area contributed by atoms with E-state index in [0.717, 1.165) is 30.0 Å². The summed E-state index contributed by atoms with van der Waals surface area (Å²) in [7, 11) is 0. The summed E-state index contributed by atoms with van der Waals surface area (Å²) in [6, 6.07) is 13.5. The number of hydrogen-bond acceptors (Lipinski definition) is 7. The largest absolute Gasteiger partial charge is 0.372 e. The second-order valence-corrected chi connectivity index (χ2v) is 6.72. The molecule has 0 atom stereocenters. The Bertz CT molecular complexity index is 983. The monoisotopic (exact) mass is 390 g/mol. The molecule has 0 aliphatic heterocycles. The molecule has 0 fully saturated rings. The van der Waals surface area contributed by atoms with Gasteiger partial charge in [-0.15, -0.1) is 5.10 Å². The Kier molecular flexibility index (Phi) is 6.39. The fourth-order valence-electron chi connectivity index (χ4n) is 3.05. The average Bonchev–Trinajstić information content (AvgIpc) is 2.71. The van der Waals surface area contributed by atoms with Gasteiger partial charge in [0.25, 0.3) is 0 Å². The van der Waals surface area contributed by atoms with Gasteiger partial charge in [0.15, 0.2) is 11.6 Å². The number of Topliss-reactive ketones (excluding diaryl/α,β-unsaturated/α-hetero) is 1. The van der Waals surface area contributed by atoms with Crippen molar-refractivity contribution in [2.75, 3.05) is 28.6 Å². The van der Waals surface area contributed by atoms with E-state index in [1.54, 1.807) is 25.3 Å². The summed E-state index contributed by atoms with van der Waals surface area (Å²) in [5.41, 5.74) is 4.73. The van der Waals surface area contributed by atoms with Crippen LogP contribution >= 0.6 is 0 Å². The first kappa shape index (κ1) is 20.3. The van der Waals surface area contributed by atoms with Crippen molar-refractivity contribution in [1.82, 2.24) is 15.2 Å². The average molecular weight is 390 g/mol. The van der Waals surface area contributed by atoms with Crippen LogP contribution in [0, 0.1) is 6.92 Å². The molecule has 3 rings (SSSR count). The first-order valence-electron chi connectivity index (χ1n) is 9.70. The van der Waals surface area contributed by atoms with Crippen LogP contribution < -0.4 is 15.5 Å². The van der Waals surface area contributed by atoms with E-state index in [4.69, 9.17) is 0 Å². The highest BCUT2D eigenvalue weighted by atomic mass is 16.1. The molecule has 1 heterocycles. The third kappa shape index (κ3) is 5.07. The normalized spacial score (nSPS) is 10.5. The number of benzene rings is 2. The fourth-order valence-corrected chi connectivity index (χ4v) is 3.05. The van der Waals surface area contributed by atoms with Crippen molar-refractivity contribution in [2.24, 2.45) is 0 Å². The standard InChI is InChI=1S/C22H26N6O/c1-5-28(6-2)19-11-12-20(15(3)13-19)25-22-26-21(14-23-27-22)24-18-9-7-17(8-10-18)16(4)29/h7-14H,5-6H2,1-4H3,(H2,24,25,26,27). The van der Waals surface area contributed by atoms with E-state index < -0.39 is 0 Å². The SMILES string of the molecule is CCN(CC)c1ccc(Nc2nncc(Nc3ccc(C(C)=O)cc3)n2)c(C)c1. The van der Waals surface area contributed by atoms with Crippen molar-refractivity contribution in [2.45, 2.75) is 27.7 Å². The summed E-state index contributed by atoms with van der Waals surface area (Å²) >= 11 is 0. The number of rotatable bonds is 8. The number of nitrogens with one attached hydrogen (secondary N) is 2. The molecule has 29 heavy (non-hydrogen) atoms. The van der Waals surface area contributed by atoms with Gasteiger partial charge in [-0.3, -0.25) is 4.79 Å². The molecule has 0 saturated carbocycles. The number of aryl methyl sites for hydroxylation is 1. The molecular weight excluding hydrogens is 364 g/mol. The van der Waals surface area contributed by atoms with Gasteiger partial charge >= 0.3 is 0 Å². The van der Waals surface area contributed by atoms with Gasteiger partial charge < -0.3 is 15.5 Å². The second kappa shape index (κ2) is 9.14. The lowest BCUT2D eigenvalue weighted by atomic mass is 10.1. The van der Waals surface area contributed by atoms with Crippen LogP contribution in [-0.4, -0.2) is 34.1 Å². The molecule has 0 aliphatic carbocycles. The third-order valence-corrected chi connectivity index (χ3v) is 4.71. The minimum absolute atomic E-state index is 0.0362. The maximum Gasteiger partial charge on any atom is 0.249 e. The van der Waals surface area contributed by atoms with Gasteiger partial charge in [0.1, 0.15) is 0 Å². The highest BCUT2D eigenvalue weighted by Crippen LogP contribution is 2.25. The Morgan fingerprint density at radius 1 is 1.03 bits per heavy atom. The number of anilines is 5. The molecular formula is C22H26N6O. The lowest BCUT2D eigenvalue weighted by Gasteiger charge is -2.22. The lowest BCUT2D eigenvalue weighted by molar-refractivity contribution is 0.101. The molecule has 0 aliphatic rings. The van der Waals surface area contributed by atoms with Crippen molar-refractivity contribution in [1.29, 1.82) is 0 Å². The number of aromatic nitrogens is 3. The molecule has 2 aromatic carbocycles. The van der Waals surface area contributed by atoms with E-state index in [9.17, 15) is 4.79 Å². The van der Waals surface area contributed by atoms with Crippen LogP contribution in [0.15, 0.2) is 48.7 Å². The first-order valence-corrected chi connectivity index (χ1v) is 9.70. The molecule has 0 spiro atoms. The van der Waals surface area contributed by atoms with Crippen LogP contribution in [0.4, 0.5) is 28.8 Å². The summed E-state index contributed by atoms with van der Waals surface area (Å²) < 4.78 is 0. The molecule has 0 amide bonds. The van der Waals surface area contributed by atoms with Crippen LogP contribution in [0.25, 0.3) is 0 Å². The molecule has 150 valence electrons. The van der Waals surface area contributed by atoms with Crippen LogP contribution in [-0.2, 0) is 0 Å². The number of carbonyl (C=O) groups excluding carboxylic acids is 1. The van der Waals surface area contributed by atoms with Crippen molar-refractivity contribution in [3.05, 3.63) is 59.8 Å². The number of carbonyl (C=O) groups is 1. The lowest BCUT2D eigenvalue weighted by Crippen LogP contribution is -2.21. The molecule has 0 unspecified atom stereocenters. The Labute approximate surface area is 171 Å². The second-order valence-electron chi connectivity index (χ2n) is 6.72. The van der Waals surface area contributed by atoms with Crippen LogP contribution in [0.5, 0.6) is 0 Å². The molecule has 2 N–H and O–H groups in total. The molecule has 7 heteroatoms. The van der Waals surface area contributed by atoms with E-state index >= 15 is 0 Å². The molecule has 1 aromatic heterocycles. The quantitative estimate of drug-likeness (QED) is 0.539. The van der Waals surface area contributed by atoms with Crippen molar-refractivity contribution in [3.8, 4) is 0 Å². The highest BCUT2D eigenvalue weighted by molar-refractivity contribution is 5.94. The number of hydrogen-bond donors (Lipinski definition) is 2. The van der Waals surface area contributed by atoms with Crippen molar-refractivity contribution < 1.29 is 4.79 Å². The molecule has 0 radical (unpaired) electrons. The molecule has 0 saturated heterocycles. The number of ketones is 1. The Hall–Kier alpha value is -3.48. The predicted octanol–water partition coefficient (Wildman–Crippen LogP) is 4.72. The van der Waals surface area contributed by atoms with E-state index in [1.807, 2.05) is 18.2 Å². The summed E-state index contributed by atoms with van der Waals surface area (Å²) in [5.74, 6) is 1.01. The van der Waals surface area contributed by atoms with Crippen molar-refractivity contribution >= 4 is 34.6 Å². The smallest absolute Gasteiger partial charge is 0.249 e. The number of nitrogens with zero attached hydrogens (tertiary/aromatic N) is 4. The Balaban J connectivity index is 1.73.